The Kier molecular flexibility index (Phi) is 18.6. The van der Waals surface area contributed by atoms with E-state index in [4.69, 9.17) is 25.4 Å². The van der Waals surface area contributed by atoms with E-state index >= 15 is 0 Å². The van der Waals surface area contributed by atoms with E-state index in [-0.39, 0.29) is 22.4 Å². The van der Waals surface area contributed by atoms with E-state index in [1.54, 1.807) is 0 Å². The van der Waals surface area contributed by atoms with Gasteiger partial charge in [-0.3, -0.25) is 0 Å². The molecular formula is C48H68O4. The van der Waals surface area contributed by atoms with Crippen molar-refractivity contribution in [2.24, 2.45) is 0 Å². The Bertz CT molecular complexity index is 1560. The molecule has 0 aromatic heterocycles. The maximum absolute atomic E-state index is 5.73. The third-order valence-electron chi connectivity index (χ3n) is 6.53. The summed E-state index contributed by atoms with van der Waals surface area (Å²) >= 11 is 0. The number of aryl methyl sites for hydroxylation is 3. The SMILES string of the molecule is C#Cc1ccc(OC(C)(C)C)cc1.CCCc1ccc(OC(C)(C)C)cc1.CCc1ccc(OC(C)(C)C)cc1.Cc1ccc(OC(C)(C)C)cc1. The van der Waals surface area contributed by atoms with E-state index in [0.29, 0.717) is 0 Å². The van der Waals surface area contributed by atoms with E-state index in [9.17, 15) is 0 Å². The molecule has 0 saturated heterocycles. The molecule has 0 bridgehead atoms. The molecule has 4 heteroatoms. The Labute approximate surface area is 318 Å². The van der Waals surface area contributed by atoms with Crippen molar-refractivity contribution in [3.63, 3.8) is 0 Å². The number of benzene rings is 4. The van der Waals surface area contributed by atoms with E-state index in [0.717, 1.165) is 41.4 Å². The fourth-order valence-corrected chi connectivity index (χ4v) is 4.45. The summed E-state index contributed by atoms with van der Waals surface area (Å²) in [6, 6.07) is 32.3. The van der Waals surface area contributed by atoms with Gasteiger partial charge in [-0.1, -0.05) is 68.2 Å². The van der Waals surface area contributed by atoms with Crippen molar-refractivity contribution in [1.29, 1.82) is 0 Å². The summed E-state index contributed by atoms with van der Waals surface area (Å²) < 4.78 is 22.7. The first-order valence-corrected chi connectivity index (χ1v) is 18.6. The Morgan fingerprint density at radius 1 is 0.442 bits per heavy atom. The molecule has 0 radical (unpaired) electrons. The van der Waals surface area contributed by atoms with Crippen molar-refractivity contribution < 1.29 is 18.9 Å². The van der Waals surface area contributed by atoms with Crippen LogP contribution in [0.1, 0.15) is 126 Å². The molecule has 0 heterocycles. The molecule has 0 amide bonds. The number of rotatable bonds is 7. The van der Waals surface area contributed by atoms with Crippen LogP contribution in [0, 0.1) is 19.3 Å². The van der Waals surface area contributed by atoms with E-state index in [1.165, 1.54) is 23.1 Å². The predicted octanol–water partition coefficient (Wildman–Crippen LogP) is 13.3. The maximum Gasteiger partial charge on any atom is 0.120 e. The molecule has 4 aromatic rings. The molecule has 0 N–H and O–H groups in total. The van der Waals surface area contributed by atoms with Crippen molar-refractivity contribution in [3.8, 4) is 35.3 Å². The molecule has 0 aliphatic carbocycles. The fourth-order valence-electron chi connectivity index (χ4n) is 4.45. The minimum atomic E-state index is -0.155. The zero-order chi connectivity index (χ0) is 39.6. The van der Waals surface area contributed by atoms with Crippen LogP contribution in [0.4, 0.5) is 0 Å². The van der Waals surface area contributed by atoms with Gasteiger partial charge in [0.25, 0.3) is 0 Å². The van der Waals surface area contributed by atoms with Crippen LogP contribution < -0.4 is 18.9 Å². The van der Waals surface area contributed by atoms with Crippen LogP contribution in [0.25, 0.3) is 0 Å². The minimum absolute atomic E-state index is 0.102. The van der Waals surface area contributed by atoms with Crippen LogP contribution in [-0.2, 0) is 12.8 Å². The maximum atomic E-state index is 5.73. The first-order valence-electron chi connectivity index (χ1n) is 18.6. The molecule has 4 rings (SSSR count). The van der Waals surface area contributed by atoms with Gasteiger partial charge in [0, 0.05) is 5.56 Å². The van der Waals surface area contributed by atoms with Crippen LogP contribution >= 0.6 is 0 Å². The Hall–Kier alpha value is -4.36. The predicted molar refractivity (Wildman–Crippen MR) is 223 cm³/mol. The van der Waals surface area contributed by atoms with Crippen LogP contribution in [-0.4, -0.2) is 22.4 Å². The van der Waals surface area contributed by atoms with Crippen molar-refractivity contribution in [2.75, 3.05) is 0 Å². The lowest BCUT2D eigenvalue weighted by Crippen LogP contribution is -2.22. The van der Waals surface area contributed by atoms with Crippen LogP contribution in [0.2, 0.25) is 0 Å². The van der Waals surface area contributed by atoms with Gasteiger partial charge in [-0.15, -0.1) is 6.42 Å². The van der Waals surface area contributed by atoms with E-state index < -0.39 is 0 Å². The first-order chi connectivity index (χ1) is 24.0. The van der Waals surface area contributed by atoms with Crippen molar-refractivity contribution in [2.45, 2.75) is 146 Å². The summed E-state index contributed by atoms with van der Waals surface area (Å²) in [5.74, 6) is 6.26. The molecule has 0 fully saturated rings. The molecule has 0 spiro atoms. The summed E-state index contributed by atoms with van der Waals surface area (Å²) in [7, 11) is 0. The summed E-state index contributed by atoms with van der Waals surface area (Å²) in [5.41, 5.74) is 4.40. The largest absolute Gasteiger partial charge is 0.488 e. The molecule has 284 valence electrons. The highest BCUT2D eigenvalue weighted by Gasteiger charge is 2.13. The zero-order valence-electron chi connectivity index (χ0n) is 35.1. The highest BCUT2D eigenvalue weighted by atomic mass is 16.5. The van der Waals surface area contributed by atoms with Gasteiger partial charge < -0.3 is 18.9 Å². The molecule has 0 saturated carbocycles. The van der Waals surface area contributed by atoms with Gasteiger partial charge in [0.05, 0.1) is 0 Å². The second-order valence-electron chi connectivity index (χ2n) is 16.7. The van der Waals surface area contributed by atoms with E-state index in [1.807, 2.05) is 90.1 Å². The Morgan fingerprint density at radius 3 is 1.00 bits per heavy atom. The molecule has 4 aromatic carbocycles. The van der Waals surface area contributed by atoms with Gasteiger partial charge >= 0.3 is 0 Å². The average molecular weight is 709 g/mol. The number of ether oxygens (including phenoxy) is 4. The molecule has 0 aliphatic rings. The van der Waals surface area contributed by atoms with Crippen LogP contribution in [0.15, 0.2) is 97.1 Å². The Morgan fingerprint density at radius 2 is 0.731 bits per heavy atom. The Balaban J connectivity index is 0.000000347. The lowest BCUT2D eigenvalue weighted by atomic mass is 10.1. The second kappa shape index (κ2) is 21.2. The fraction of sp³-hybridized carbons (Fsp3) is 0.458. The van der Waals surface area contributed by atoms with Gasteiger partial charge in [-0.05, 0) is 175 Å². The molecular weight excluding hydrogens is 641 g/mol. The number of hydrogen-bond acceptors (Lipinski definition) is 4. The molecule has 4 nitrogen and oxygen atoms in total. The number of terminal acetylenes is 1. The molecule has 0 unspecified atom stereocenters. The van der Waals surface area contributed by atoms with Gasteiger partial charge in [-0.2, -0.15) is 0 Å². The van der Waals surface area contributed by atoms with Crippen molar-refractivity contribution >= 4 is 0 Å². The smallest absolute Gasteiger partial charge is 0.120 e. The third-order valence-corrected chi connectivity index (χ3v) is 6.53. The van der Waals surface area contributed by atoms with Gasteiger partial charge in [0.15, 0.2) is 0 Å². The molecule has 0 atom stereocenters. The monoisotopic (exact) mass is 709 g/mol. The van der Waals surface area contributed by atoms with Crippen molar-refractivity contribution in [3.05, 3.63) is 119 Å². The van der Waals surface area contributed by atoms with Gasteiger partial charge in [-0.25, -0.2) is 0 Å². The molecule has 0 aliphatic heterocycles. The number of hydrogen-bond donors (Lipinski definition) is 0. The second-order valence-corrected chi connectivity index (χ2v) is 16.7. The lowest BCUT2D eigenvalue weighted by Gasteiger charge is -2.21. The van der Waals surface area contributed by atoms with Crippen LogP contribution in [0.5, 0.6) is 23.0 Å². The summed E-state index contributed by atoms with van der Waals surface area (Å²) in [6.07, 6.45) is 8.66. The third kappa shape index (κ3) is 23.2. The first kappa shape index (κ1) is 45.7. The average Bonchev–Trinajstić information content (AvgIpc) is 3.02. The minimum Gasteiger partial charge on any atom is -0.488 e. The van der Waals surface area contributed by atoms with Gasteiger partial charge in [0.1, 0.15) is 45.4 Å². The van der Waals surface area contributed by atoms with Gasteiger partial charge in [0.2, 0.25) is 0 Å². The van der Waals surface area contributed by atoms with Crippen LogP contribution in [0.3, 0.4) is 0 Å². The summed E-state index contributed by atoms with van der Waals surface area (Å²) in [6.45, 7) is 31.0. The highest BCUT2D eigenvalue weighted by Crippen LogP contribution is 2.21. The topological polar surface area (TPSA) is 36.9 Å². The quantitative estimate of drug-likeness (QED) is 0.179. The normalized spacial score (nSPS) is 11.2. The van der Waals surface area contributed by atoms with Crippen molar-refractivity contribution in [1.82, 2.24) is 0 Å². The van der Waals surface area contributed by atoms with E-state index in [2.05, 4.69) is 117 Å². The standard InChI is InChI=1S/C13H20O.C12H18O.C12H14O.C11H16O/c1-5-6-11-7-9-12(10-8-11)14-13(2,3)4;2*1-5-10-6-8-11(9-7-10)13-12(2,3)4;1-9-5-7-10(8-6-9)12-11(2,3)4/h7-10H,5-6H2,1-4H3;6-9H,5H2,1-4H3;1,6-9H,2-4H3;5-8H,1-4H3. The molecule has 52 heavy (non-hydrogen) atoms. The highest BCUT2D eigenvalue weighted by molar-refractivity contribution is 5.37. The lowest BCUT2D eigenvalue weighted by molar-refractivity contribution is 0.130. The zero-order valence-corrected chi connectivity index (χ0v) is 35.1. The summed E-state index contributed by atoms with van der Waals surface area (Å²) in [5, 5.41) is 0. The summed E-state index contributed by atoms with van der Waals surface area (Å²) in [4.78, 5) is 0.